The van der Waals surface area contributed by atoms with Gasteiger partial charge >= 0.3 is 0 Å². The Morgan fingerprint density at radius 2 is 1.43 bits per heavy atom. The molecule has 154 valence electrons. The molecule has 3 nitrogen and oxygen atoms in total. The summed E-state index contributed by atoms with van der Waals surface area (Å²) in [5.41, 5.74) is 3.29. The first-order chi connectivity index (χ1) is 14.8. The van der Waals surface area contributed by atoms with Gasteiger partial charge in [0.05, 0.1) is 19.1 Å². The van der Waals surface area contributed by atoms with Crippen LogP contribution in [0.4, 0.5) is 0 Å². The zero-order valence-corrected chi connectivity index (χ0v) is 17.3. The maximum atomic E-state index is 13.6. The predicted molar refractivity (Wildman–Crippen MR) is 120 cm³/mol. The van der Waals surface area contributed by atoms with E-state index in [0.717, 1.165) is 37.1 Å². The number of carbonyl (C=O) groups excluding carboxylic acids is 1. The number of likely N-dealkylation sites (tertiary alicyclic amines) is 1. The number of ether oxygens (including phenoxy) is 1. The fraction of sp³-hybridized carbons (Fsp3) is 0.296. The van der Waals surface area contributed by atoms with Crippen LogP contribution in [0.3, 0.4) is 0 Å². The molecule has 3 heteroatoms. The Morgan fingerprint density at radius 3 is 2.03 bits per heavy atom. The van der Waals surface area contributed by atoms with Gasteiger partial charge < -0.3 is 9.64 Å². The molecule has 0 aromatic heterocycles. The summed E-state index contributed by atoms with van der Waals surface area (Å²) in [5.74, 6) is 0.329. The Kier molecular flexibility index (Phi) is 6.94. The van der Waals surface area contributed by atoms with Gasteiger partial charge in [-0.3, -0.25) is 4.79 Å². The van der Waals surface area contributed by atoms with Crippen molar-refractivity contribution in [2.45, 2.75) is 25.4 Å². The van der Waals surface area contributed by atoms with Gasteiger partial charge in [-0.2, -0.15) is 0 Å². The van der Waals surface area contributed by atoms with E-state index in [0.29, 0.717) is 19.1 Å². The van der Waals surface area contributed by atoms with E-state index >= 15 is 0 Å². The predicted octanol–water partition coefficient (Wildman–Crippen LogP) is 5.27. The molecule has 0 radical (unpaired) electrons. The molecule has 1 saturated heterocycles. The minimum Gasteiger partial charge on any atom is -0.376 e. The zero-order chi connectivity index (χ0) is 20.6. The third-order valence-electron chi connectivity index (χ3n) is 5.81. The van der Waals surface area contributed by atoms with Crippen molar-refractivity contribution >= 4 is 5.91 Å². The van der Waals surface area contributed by atoms with E-state index in [4.69, 9.17) is 4.74 Å². The van der Waals surface area contributed by atoms with Crippen LogP contribution < -0.4 is 0 Å². The van der Waals surface area contributed by atoms with Crippen molar-refractivity contribution in [1.82, 2.24) is 4.90 Å². The molecule has 30 heavy (non-hydrogen) atoms. The van der Waals surface area contributed by atoms with Crippen LogP contribution in [-0.4, -0.2) is 30.5 Å². The van der Waals surface area contributed by atoms with Crippen LogP contribution in [0.25, 0.3) is 0 Å². The Morgan fingerprint density at radius 1 is 0.867 bits per heavy atom. The monoisotopic (exact) mass is 399 g/mol. The fourth-order valence-electron chi connectivity index (χ4n) is 4.27. The lowest BCUT2D eigenvalue weighted by atomic mass is 9.88. The summed E-state index contributed by atoms with van der Waals surface area (Å²) in [4.78, 5) is 15.7. The smallest absolute Gasteiger partial charge is 0.234 e. The van der Waals surface area contributed by atoms with E-state index < -0.39 is 0 Å². The molecule has 1 unspecified atom stereocenters. The summed E-state index contributed by atoms with van der Waals surface area (Å²) in [7, 11) is 0. The largest absolute Gasteiger partial charge is 0.376 e. The zero-order valence-electron chi connectivity index (χ0n) is 17.3. The van der Waals surface area contributed by atoms with Crippen molar-refractivity contribution in [3.05, 3.63) is 108 Å². The third-order valence-corrected chi connectivity index (χ3v) is 5.81. The molecule has 1 amide bonds. The molecule has 0 bridgehead atoms. The Labute approximate surface area is 179 Å². The van der Waals surface area contributed by atoms with Crippen LogP contribution in [0, 0.1) is 5.92 Å². The molecule has 0 N–H and O–H groups in total. The van der Waals surface area contributed by atoms with Crippen molar-refractivity contribution in [1.29, 1.82) is 0 Å². The average Bonchev–Trinajstić information content (AvgIpc) is 2.81. The maximum Gasteiger partial charge on any atom is 0.234 e. The molecule has 3 aromatic rings. The van der Waals surface area contributed by atoms with Crippen molar-refractivity contribution in [3.63, 3.8) is 0 Å². The summed E-state index contributed by atoms with van der Waals surface area (Å²) in [6.45, 7) is 2.91. The SMILES string of the molecule is O=C(C(c1ccccc1)c1ccccc1)N1CCCC(COCc2ccccc2)C1. The minimum atomic E-state index is -0.253. The number of hydrogen-bond donors (Lipinski definition) is 0. The molecule has 4 rings (SSSR count). The Bertz CT molecular complexity index is 872. The lowest BCUT2D eigenvalue weighted by Crippen LogP contribution is -2.43. The number of piperidine rings is 1. The molecule has 0 saturated carbocycles. The molecule has 0 aliphatic carbocycles. The van der Waals surface area contributed by atoms with Gasteiger partial charge in [0.25, 0.3) is 0 Å². The number of benzene rings is 3. The normalized spacial score (nSPS) is 16.6. The van der Waals surface area contributed by atoms with Gasteiger partial charge in [0, 0.05) is 13.1 Å². The first-order valence-electron chi connectivity index (χ1n) is 10.8. The highest BCUT2D eigenvalue weighted by atomic mass is 16.5. The van der Waals surface area contributed by atoms with Gasteiger partial charge in [-0.15, -0.1) is 0 Å². The van der Waals surface area contributed by atoms with E-state index in [-0.39, 0.29) is 11.8 Å². The van der Waals surface area contributed by atoms with Crippen LogP contribution >= 0.6 is 0 Å². The summed E-state index contributed by atoms with van der Waals surface area (Å²) in [6, 6.07) is 30.5. The molecule has 1 fully saturated rings. The van der Waals surface area contributed by atoms with E-state index in [9.17, 15) is 4.79 Å². The summed E-state index contributed by atoms with van der Waals surface area (Å²) in [6.07, 6.45) is 2.14. The lowest BCUT2D eigenvalue weighted by Gasteiger charge is -2.35. The molecule has 1 aliphatic heterocycles. The first kappa shape index (κ1) is 20.4. The molecule has 1 atom stereocenters. The fourth-order valence-corrected chi connectivity index (χ4v) is 4.27. The van der Waals surface area contributed by atoms with Crippen LogP contribution in [0.15, 0.2) is 91.0 Å². The maximum absolute atomic E-state index is 13.6. The topological polar surface area (TPSA) is 29.5 Å². The van der Waals surface area contributed by atoms with Crippen LogP contribution in [0.1, 0.15) is 35.4 Å². The molecule has 0 spiro atoms. The second-order valence-corrected chi connectivity index (χ2v) is 8.05. The number of rotatable bonds is 7. The second kappa shape index (κ2) is 10.2. The lowest BCUT2D eigenvalue weighted by molar-refractivity contribution is -0.134. The standard InChI is InChI=1S/C27H29NO2/c29-27(26(24-14-6-2-7-15-24)25-16-8-3-9-17-25)28-18-10-13-23(19-28)21-30-20-22-11-4-1-5-12-22/h1-9,11-12,14-17,23,26H,10,13,18-21H2. The Balaban J connectivity index is 1.42. The molecule has 1 heterocycles. The van der Waals surface area contributed by atoms with E-state index in [1.165, 1.54) is 5.56 Å². The highest BCUT2D eigenvalue weighted by Crippen LogP contribution is 2.29. The van der Waals surface area contributed by atoms with E-state index in [2.05, 4.69) is 36.4 Å². The van der Waals surface area contributed by atoms with Gasteiger partial charge in [-0.05, 0) is 35.4 Å². The van der Waals surface area contributed by atoms with Crippen LogP contribution in [-0.2, 0) is 16.1 Å². The van der Waals surface area contributed by atoms with Crippen molar-refractivity contribution in [2.24, 2.45) is 5.92 Å². The summed E-state index contributed by atoms with van der Waals surface area (Å²) >= 11 is 0. The van der Waals surface area contributed by atoms with Crippen LogP contribution in [0.5, 0.6) is 0 Å². The third kappa shape index (κ3) is 5.17. The van der Waals surface area contributed by atoms with Gasteiger partial charge in [0.2, 0.25) is 5.91 Å². The van der Waals surface area contributed by atoms with Gasteiger partial charge in [0.1, 0.15) is 0 Å². The van der Waals surface area contributed by atoms with Crippen molar-refractivity contribution in [2.75, 3.05) is 19.7 Å². The molecular weight excluding hydrogens is 370 g/mol. The second-order valence-electron chi connectivity index (χ2n) is 8.05. The van der Waals surface area contributed by atoms with Gasteiger partial charge in [-0.25, -0.2) is 0 Å². The van der Waals surface area contributed by atoms with Crippen LogP contribution in [0.2, 0.25) is 0 Å². The molecular formula is C27H29NO2. The Hall–Kier alpha value is -2.91. The van der Waals surface area contributed by atoms with E-state index in [1.807, 2.05) is 59.5 Å². The summed E-state index contributed by atoms with van der Waals surface area (Å²) in [5, 5.41) is 0. The van der Waals surface area contributed by atoms with Crippen molar-refractivity contribution in [3.8, 4) is 0 Å². The molecule has 1 aliphatic rings. The highest BCUT2D eigenvalue weighted by Gasteiger charge is 2.31. The number of hydrogen-bond acceptors (Lipinski definition) is 2. The summed E-state index contributed by atoms with van der Waals surface area (Å²) < 4.78 is 5.98. The molecule has 3 aromatic carbocycles. The quantitative estimate of drug-likeness (QED) is 0.541. The average molecular weight is 400 g/mol. The number of carbonyl (C=O) groups is 1. The number of nitrogens with zero attached hydrogens (tertiary/aromatic N) is 1. The minimum absolute atomic E-state index is 0.195. The first-order valence-corrected chi connectivity index (χ1v) is 10.8. The van der Waals surface area contributed by atoms with Gasteiger partial charge in [0.15, 0.2) is 0 Å². The van der Waals surface area contributed by atoms with Gasteiger partial charge in [-0.1, -0.05) is 91.0 Å². The van der Waals surface area contributed by atoms with Crippen molar-refractivity contribution < 1.29 is 9.53 Å². The van der Waals surface area contributed by atoms with E-state index in [1.54, 1.807) is 0 Å². The number of amides is 1. The highest BCUT2D eigenvalue weighted by molar-refractivity contribution is 5.87.